The highest BCUT2D eigenvalue weighted by molar-refractivity contribution is 6.33. The van der Waals surface area contributed by atoms with Gasteiger partial charge in [0.05, 0.1) is 17.2 Å². The number of benzene rings is 2. The minimum absolute atomic E-state index is 0.0506. The van der Waals surface area contributed by atoms with E-state index in [1.165, 1.54) is 0 Å². The molecular formula is C22H19ClF3NO5. The van der Waals surface area contributed by atoms with Crippen LogP contribution in [0.1, 0.15) is 23.5 Å². The van der Waals surface area contributed by atoms with Crippen LogP contribution < -0.4 is 5.43 Å². The quantitative estimate of drug-likeness (QED) is 0.529. The number of aliphatic hydroxyl groups is 1. The summed E-state index contributed by atoms with van der Waals surface area (Å²) >= 11 is 6.07. The van der Waals surface area contributed by atoms with Crippen LogP contribution in [-0.2, 0) is 6.18 Å². The van der Waals surface area contributed by atoms with Gasteiger partial charge in [-0.15, -0.1) is 0 Å². The maximum atomic E-state index is 13.0. The maximum absolute atomic E-state index is 13.0. The molecule has 10 heteroatoms. The molecule has 4 rings (SSSR count). The zero-order valence-electron chi connectivity index (χ0n) is 16.8. The molecule has 6 nitrogen and oxygen atoms in total. The number of fused-ring (bicyclic) bond motifs is 1. The molecule has 1 aliphatic heterocycles. The summed E-state index contributed by atoms with van der Waals surface area (Å²) in [5.74, 6) is -1.33. The average Bonchev–Trinajstić information content (AvgIpc) is 3.06. The molecule has 2 atom stereocenters. The Labute approximate surface area is 185 Å². The van der Waals surface area contributed by atoms with Crippen molar-refractivity contribution < 1.29 is 32.9 Å². The largest absolute Gasteiger partial charge is 0.507 e. The molecule has 170 valence electrons. The number of rotatable bonds is 3. The van der Waals surface area contributed by atoms with E-state index in [0.717, 1.165) is 30.3 Å². The molecule has 2 aromatic carbocycles. The molecule has 0 radical (unpaired) electrons. The van der Waals surface area contributed by atoms with Gasteiger partial charge in [0, 0.05) is 35.2 Å². The van der Waals surface area contributed by atoms with Crippen molar-refractivity contribution in [2.75, 3.05) is 20.2 Å². The topological polar surface area (TPSA) is 94.1 Å². The minimum Gasteiger partial charge on any atom is -0.507 e. The van der Waals surface area contributed by atoms with Crippen LogP contribution in [0.5, 0.6) is 11.5 Å². The number of likely N-dealkylation sites (tertiary alicyclic amines) is 1. The van der Waals surface area contributed by atoms with Crippen LogP contribution in [-0.4, -0.2) is 46.5 Å². The SMILES string of the molecule is CN1CCC(c2c(O)cc(O)c3c(=O)cc(-c4ccc(C(F)(F)F)cc4Cl)oc23)[C@H]1CO. The standard InChI is InChI=1S/C22H19ClF3NO5/c1-27-5-4-12(14(27)9-28)19-15(29)7-16(30)20-17(31)8-18(32-21(19)20)11-3-2-10(6-13(11)23)22(24,25)26/h2-3,6-8,12,14,28-30H,4-5,9H2,1H3/t12?,14-/m1/s1. The van der Waals surface area contributed by atoms with E-state index in [4.69, 9.17) is 16.0 Å². The Bertz CT molecular complexity index is 1260. The number of aromatic hydroxyl groups is 2. The lowest BCUT2D eigenvalue weighted by molar-refractivity contribution is -0.137. The van der Waals surface area contributed by atoms with E-state index >= 15 is 0 Å². The van der Waals surface area contributed by atoms with Gasteiger partial charge in [-0.1, -0.05) is 11.6 Å². The number of hydrogen-bond acceptors (Lipinski definition) is 6. The molecule has 1 unspecified atom stereocenters. The summed E-state index contributed by atoms with van der Waals surface area (Å²) in [4.78, 5) is 14.7. The molecule has 0 saturated carbocycles. The van der Waals surface area contributed by atoms with Crippen molar-refractivity contribution in [3.63, 3.8) is 0 Å². The van der Waals surface area contributed by atoms with E-state index in [9.17, 15) is 33.3 Å². The van der Waals surface area contributed by atoms with Gasteiger partial charge in [0.25, 0.3) is 0 Å². The fraction of sp³-hybridized carbons (Fsp3) is 0.318. The zero-order valence-corrected chi connectivity index (χ0v) is 17.5. The van der Waals surface area contributed by atoms with E-state index < -0.39 is 28.8 Å². The van der Waals surface area contributed by atoms with Crippen LogP contribution in [0.4, 0.5) is 13.2 Å². The lowest BCUT2D eigenvalue weighted by Crippen LogP contribution is -2.32. The molecule has 0 aliphatic carbocycles. The molecule has 1 fully saturated rings. The average molecular weight is 470 g/mol. The molecule has 0 spiro atoms. The van der Waals surface area contributed by atoms with Crippen molar-refractivity contribution in [3.05, 3.63) is 56.7 Å². The second kappa shape index (κ2) is 7.99. The van der Waals surface area contributed by atoms with Gasteiger partial charge in [0.15, 0.2) is 5.43 Å². The second-order valence-electron chi connectivity index (χ2n) is 7.83. The predicted molar refractivity (Wildman–Crippen MR) is 112 cm³/mol. The van der Waals surface area contributed by atoms with Crippen LogP contribution in [0.2, 0.25) is 5.02 Å². The second-order valence-corrected chi connectivity index (χ2v) is 8.23. The number of likely N-dealkylation sites (N-methyl/N-ethyl adjacent to an activating group) is 1. The first-order valence-electron chi connectivity index (χ1n) is 9.73. The van der Waals surface area contributed by atoms with E-state index in [2.05, 4.69) is 0 Å². The molecule has 1 saturated heterocycles. The normalized spacial score (nSPS) is 19.7. The van der Waals surface area contributed by atoms with Gasteiger partial charge in [-0.2, -0.15) is 13.2 Å². The van der Waals surface area contributed by atoms with Gasteiger partial charge in [-0.25, -0.2) is 0 Å². The number of phenols is 2. The van der Waals surface area contributed by atoms with Crippen molar-refractivity contribution in [2.45, 2.75) is 24.6 Å². The van der Waals surface area contributed by atoms with E-state index in [-0.39, 0.29) is 51.3 Å². The van der Waals surface area contributed by atoms with E-state index in [1.54, 1.807) is 0 Å². The Morgan fingerprint density at radius 1 is 1.19 bits per heavy atom. The van der Waals surface area contributed by atoms with Crippen LogP contribution >= 0.6 is 11.6 Å². The zero-order chi connectivity index (χ0) is 23.4. The number of aliphatic hydroxyl groups excluding tert-OH is 1. The first-order valence-corrected chi connectivity index (χ1v) is 10.1. The molecule has 1 aliphatic rings. The molecule has 3 N–H and O–H groups in total. The third kappa shape index (κ3) is 3.70. The van der Waals surface area contributed by atoms with Crippen molar-refractivity contribution in [2.24, 2.45) is 0 Å². The van der Waals surface area contributed by atoms with Crippen LogP contribution in [0.25, 0.3) is 22.3 Å². The van der Waals surface area contributed by atoms with E-state index in [1.807, 2.05) is 11.9 Å². The first kappa shape index (κ1) is 22.4. The lowest BCUT2D eigenvalue weighted by Gasteiger charge is -2.24. The highest BCUT2D eigenvalue weighted by Gasteiger charge is 2.37. The van der Waals surface area contributed by atoms with Crippen molar-refractivity contribution in [1.29, 1.82) is 0 Å². The third-order valence-electron chi connectivity index (χ3n) is 5.94. The Morgan fingerprint density at radius 2 is 1.91 bits per heavy atom. The molecular weight excluding hydrogens is 451 g/mol. The molecule has 0 bridgehead atoms. The predicted octanol–water partition coefficient (Wildman–Crippen LogP) is 4.32. The van der Waals surface area contributed by atoms with Gasteiger partial charge in [0.1, 0.15) is 28.2 Å². The monoisotopic (exact) mass is 469 g/mol. The smallest absolute Gasteiger partial charge is 0.416 e. The van der Waals surface area contributed by atoms with Crippen molar-refractivity contribution in [1.82, 2.24) is 4.90 Å². The van der Waals surface area contributed by atoms with Gasteiger partial charge < -0.3 is 24.6 Å². The molecule has 1 aromatic heterocycles. The van der Waals surface area contributed by atoms with Crippen molar-refractivity contribution >= 4 is 22.6 Å². The van der Waals surface area contributed by atoms with Crippen LogP contribution in [0, 0.1) is 0 Å². The summed E-state index contributed by atoms with van der Waals surface area (Å²) in [7, 11) is 1.81. The number of alkyl halides is 3. The summed E-state index contributed by atoms with van der Waals surface area (Å²) in [6, 6.07) is 4.36. The van der Waals surface area contributed by atoms with Gasteiger partial charge >= 0.3 is 6.18 Å². The molecule has 32 heavy (non-hydrogen) atoms. The lowest BCUT2D eigenvalue weighted by atomic mass is 9.89. The van der Waals surface area contributed by atoms with Gasteiger partial charge in [0.2, 0.25) is 0 Å². The minimum atomic E-state index is -4.59. The van der Waals surface area contributed by atoms with Crippen LogP contribution in [0.15, 0.2) is 39.5 Å². The first-order chi connectivity index (χ1) is 15.0. The Kier molecular flexibility index (Phi) is 5.60. The summed E-state index contributed by atoms with van der Waals surface area (Å²) < 4.78 is 44.8. The van der Waals surface area contributed by atoms with E-state index in [0.29, 0.717) is 13.0 Å². The Balaban J connectivity index is 1.96. The van der Waals surface area contributed by atoms with Gasteiger partial charge in [-0.3, -0.25) is 4.79 Å². The highest BCUT2D eigenvalue weighted by Crippen LogP contribution is 2.44. The van der Waals surface area contributed by atoms with Crippen LogP contribution in [0.3, 0.4) is 0 Å². The summed E-state index contributed by atoms with van der Waals surface area (Å²) in [5, 5.41) is 30.3. The summed E-state index contributed by atoms with van der Waals surface area (Å²) in [6.07, 6.45) is -4.05. The Hall–Kier alpha value is -2.75. The summed E-state index contributed by atoms with van der Waals surface area (Å²) in [5.41, 5.74) is -1.41. The fourth-order valence-corrected chi connectivity index (χ4v) is 4.59. The maximum Gasteiger partial charge on any atom is 0.416 e. The third-order valence-corrected chi connectivity index (χ3v) is 6.25. The summed E-state index contributed by atoms with van der Waals surface area (Å²) in [6.45, 7) is 0.407. The molecule has 0 amide bonds. The number of hydrogen-bond donors (Lipinski definition) is 3. The molecule has 3 aromatic rings. The highest BCUT2D eigenvalue weighted by atomic mass is 35.5. The fourth-order valence-electron chi connectivity index (χ4n) is 4.32. The molecule has 2 heterocycles. The number of halogens is 4. The Morgan fingerprint density at radius 3 is 2.53 bits per heavy atom. The van der Waals surface area contributed by atoms with Gasteiger partial charge in [-0.05, 0) is 38.2 Å². The number of nitrogens with zero attached hydrogens (tertiary/aromatic N) is 1. The van der Waals surface area contributed by atoms with Crippen molar-refractivity contribution in [3.8, 4) is 22.8 Å². The number of phenolic OH excluding ortho intramolecular Hbond substituents is 2.